The normalized spacial score (nSPS) is 33.2. The number of hydrogen-bond donors (Lipinski definition) is 3. The van der Waals surface area contributed by atoms with Crippen molar-refractivity contribution in [2.45, 2.75) is 78.5 Å². The van der Waals surface area contributed by atoms with Crippen LogP contribution in [0.4, 0.5) is 0 Å². The van der Waals surface area contributed by atoms with Gasteiger partial charge in [0.05, 0.1) is 13.2 Å². The number of rotatable bonds is 6. The van der Waals surface area contributed by atoms with Gasteiger partial charge in [0.1, 0.15) is 5.75 Å². The summed E-state index contributed by atoms with van der Waals surface area (Å²) in [7, 11) is 1.60. The van der Waals surface area contributed by atoms with Gasteiger partial charge in [-0.2, -0.15) is 0 Å². The fourth-order valence-electron chi connectivity index (χ4n) is 6.10. The highest BCUT2D eigenvalue weighted by Crippen LogP contribution is 2.55. The van der Waals surface area contributed by atoms with Gasteiger partial charge in [-0.3, -0.25) is 9.59 Å². The molecule has 0 heterocycles. The van der Waals surface area contributed by atoms with Crippen molar-refractivity contribution in [2.75, 3.05) is 7.11 Å². The van der Waals surface area contributed by atoms with Crippen LogP contribution < -0.4 is 15.4 Å². The largest absolute Gasteiger partial charge is 0.497 e. The van der Waals surface area contributed by atoms with Crippen LogP contribution in [-0.2, 0) is 4.79 Å². The van der Waals surface area contributed by atoms with E-state index in [0.717, 1.165) is 31.4 Å². The lowest BCUT2D eigenvalue weighted by atomic mass is 9.51. The number of ether oxygens (including phenoxy) is 1. The quantitative estimate of drug-likeness (QED) is 0.623. The Morgan fingerprint density at radius 1 is 1.12 bits per heavy atom. The second kappa shape index (κ2) is 9.82. The minimum absolute atomic E-state index is 0.00382. The van der Waals surface area contributed by atoms with Gasteiger partial charge in [-0.05, 0) is 87.0 Å². The number of benzene rings is 1. The molecule has 7 atom stereocenters. The SMILES string of the molecule is COc1ccc(C(=O)N[C@H]2CC[C@]3(C)CC[C@H]([C@H](C)C(=O)NC(C)C)[C@H](O)[C@H]3[C@@H]2C)cc1. The molecule has 3 rings (SSSR count). The van der Waals surface area contributed by atoms with Crippen LogP contribution in [0.5, 0.6) is 5.75 Å². The zero-order valence-corrected chi connectivity index (χ0v) is 20.4. The van der Waals surface area contributed by atoms with E-state index in [-0.39, 0.29) is 53.0 Å². The highest BCUT2D eigenvalue weighted by atomic mass is 16.5. The maximum absolute atomic E-state index is 12.9. The first kappa shape index (κ1) is 24.6. The van der Waals surface area contributed by atoms with Crippen molar-refractivity contribution in [2.24, 2.45) is 29.1 Å². The first-order chi connectivity index (χ1) is 15.1. The molecule has 2 aliphatic carbocycles. The minimum Gasteiger partial charge on any atom is -0.497 e. The molecule has 2 amide bonds. The molecule has 0 bridgehead atoms. The van der Waals surface area contributed by atoms with Gasteiger partial charge in [0, 0.05) is 23.6 Å². The molecule has 2 saturated carbocycles. The van der Waals surface area contributed by atoms with E-state index in [9.17, 15) is 14.7 Å². The van der Waals surface area contributed by atoms with Crippen LogP contribution >= 0.6 is 0 Å². The first-order valence-corrected chi connectivity index (χ1v) is 12.0. The fraction of sp³-hybridized carbons (Fsp3) is 0.692. The van der Waals surface area contributed by atoms with Crippen LogP contribution in [-0.4, -0.2) is 42.2 Å². The van der Waals surface area contributed by atoms with Crippen LogP contribution in [0, 0.1) is 29.1 Å². The van der Waals surface area contributed by atoms with Gasteiger partial charge >= 0.3 is 0 Å². The lowest BCUT2D eigenvalue weighted by molar-refractivity contribution is -0.142. The summed E-state index contributed by atoms with van der Waals surface area (Å²) in [6, 6.07) is 7.20. The molecule has 6 heteroatoms. The summed E-state index contributed by atoms with van der Waals surface area (Å²) < 4.78 is 5.18. The van der Waals surface area contributed by atoms with Crippen molar-refractivity contribution in [1.29, 1.82) is 0 Å². The summed E-state index contributed by atoms with van der Waals surface area (Å²) in [4.78, 5) is 25.5. The second-order valence-electron chi connectivity index (χ2n) is 10.5. The van der Waals surface area contributed by atoms with Gasteiger partial charge in [-0.25, -0.2) is 0 Å². The number of carbonyl (C=O) groups excluding carboxylic acids is 2. The lowest BCUT2D eigenvalue weighted by Crippen LogP contribution is -2.58. The van der Waals surface area contributed by atoms with Crippen LogP contribution in [0.1, 0.15) is 70.7 Å². The predicted molar refractivity (Wildman–Crippen MR) is 125 cm³/mol. The van der Waals surface area contributed by atoms with Crippen molar-refractivity contribution in [3.05, 3.63) is 29.8 Å². The Morgan fingerprint density at radius 2 is 1.75 bits per heavy atom. The number of hydrogen-bond acceptors (Lipinski definition) is 4. The number of aliphatic hydroxyl groups excluding tert-OH is 1. The highest BCUT2D eigenvalue weighted by molar-refractivity contribution is 5.94. The molecule has 0 aromatic heterocycles. The molecule has 1 aromatic carbocycles. The van der Waals surface area contributed by atoms with Crippen molar-refractivity contribution >= 4 is 11.8 Å². The average Bonchev–Trinajstić information content (AvgIpc) is 2.75. The van der Waals surface area contributed by atoms with E-state index in [2.05, 4.69) is 24.5 Å². The Morgan fingerprint density at radius 3 is 2.34 bits per heavy atom. The van der Waals surface area contributed by atoms with E-state index in [1.165, 1.54) is 0 Å². The topological polar surface area (TPSA) is 87.7 Å². The lowest BCUT2D eigenvalue weighted by Gasteiger charge is -2.56. The molecule has 178 valence electrons. The summed E-state index contributed by atoms with van der Waals surface area (Å²) in [6.45, 7) is 10.3. The number of methoxy groups -OCH3 is 1. The molecule has 0 spiro atoms. The summed E-state index contributed by atoms with van der Waals surface area (Å²) in [5, 5.41) is 17.7. The van der Waals surface area contributed by atoms with Crippen molar-refractivity contribution in [3.63, 3.8) is 0 Å². The zero-order valence-electron chi connectivity index (χ0n) is 20.4. The van der Waals surface area contributed by atoms with E-state index in [0.29, 0.717) is 5.56 Å². The summed E-state index contributed by atoms with van der Waals surface area (Å²) in [6.07, 6.45) is 3.17. The van der Waals surface area contributed by atoms with Gasteiger partial charge in [-0.1, -0.05) is 20.8 Å². The first-order valence-electron chi connectivity index (χ1n) is 12.0. The number of amides is 2. The Hall–Kier alpha value is -2.08. The average molecular weight is 445 g/mol. The third-order valence-electron chi connectivity index (χ3n) is 8.04. The molecular formula is C26H40N2O4. The van der Waals surface area contributed by atoms with Gasteiger partial charge in [0.2, 0.25) is 5.91 Å². The molecule has 2 fully saturated rings. The molecule has 6 nitrogen and oxygen atoms in total. The van der Waals surface area contributed by atoms with E-state index in [4.69, 9.17) is 4.74 Å². The number of fused-ring (bicyclic) bond motifs is 1. The number of nitrogens with one attached hydrogen (secondary N) is 2. The van der Waals surface area contributed by atoms with Crippen molar-refractivity contribution < 1.29 is 19.4 Å². The number of aliphatic hydroxyl groups is 1. The van der Waals surface area contributed by atoms with Crippen molar-refractivity contribution in [1.82, 2.24) is 10.6 Å². The Labute approximate surface area is 192 Å². The third-order valence-corrected chi connectivity index (χ3v) is 8.04. The minimum atomic E-state index is -0.558. The predicted octanol–water partition coefficient (Wildman–Crippen LogP) is 3.78. The molecule has 2 aliphatic rings. The summed E-state index contributed by atoms with van der Waals surface area (Å²) in [5.74, 6) is 0.499. The van der Waals surface area contributed by atoms with E-state index in [1.54, 1.807) is 31.4 Å². The molecule has 32 heavy (non-hydrogen) atoms. The van der Waals surface area contributed by atoms with Crippen LogP contribution in [0.3, 0.4) is 0 Å². The fourth-order valence-corrected chi connectivity index (χ4v) is 6.10. The van der Waals surface area contributed by atoms with Crippen LogP contribution in [0.2, 0.25) is 0 Å². The standard InChI is InChI=1S/C26H40N2O4/c1-15(2)27-24(30)16(3)20-11-13-26(5)14-12-21(17(4)22(26)23(20)29)28-25(31)18-7-9-19(32-6)10-8-18/h7-10,15-17,20-23,29H,11-14H2,1-6H3,(H,27,30)(H,28,31)/t16-,17+,20+,21-,22+,23-,26-/m0/s1. The third kappa shape index (κ3) is 4.95. The molecule has 1 aromatic rings. The van der Waals surface area contributed by atoms with Gasteiger partial charge in [0.15, 0.2) is 0 Å². The van der Waals surface area contributed by atoms with Gasteiger partial charge in [0.25, 0.3) is 5.91 Å². The van der Waals surface area contributed by atoms with E-state index >= 15 is 0 Å². The Kier molecular flexibility index (Phi) is 7.53. The monoisotopic (exact) mass is 444 g/mol. The molecule has 3 N–H and O–H groups in total. The van der Waals surface area contributed by atoms with Gasteiger partial charge in [-0.15, -0.1) is 0 Å². The number of carbonyl (C=O) groups is 2. The van der Waals surface area contributed by atoms with E-state index in [1.807, 2.05) is 20.8 Å². The van der Waals surface area contributed by atoms with Crippen LogP contribution in [0.25, 0.3) is 0 Å². The summed E-state index contributed by atoms with van der Waals surface area (Å²) in [5.41, 5.74) is 0.637. The van der Waals surface area contributed by atoms with Crippen LogP contribution in [0.15, 0.2) is 24.3 Å². The van der Waals surface area contributed by atoms with Gasteiger partial charge < -0.3 is 20.5 Å². The van der Waals surface area contributed by atoms with Crippen molar-refractivity contribution in [3.8, 4) is 5.75 Å². The highest BCUT2D eigenvalue weighted by Gasteiger charge is 2.53. The summed E-state index contributed by atoms with van der Waals surface area (Å²) >= 11 is 0. The molecule has 0 saturated heterocycles. The maximum atomic E-state index is 12.9. The molecule has 0 unspecified atom stereocenters. The molecular weight excluding hydrogens is 404 g/mol. The Bertz CT molecular complexity index is 809. The second-order valence-corrected chi connectivity index (χ2v) is 10.5. The zero-order chi connectivity index (χ0) is 23.6. The molecule has 0 radical (unpaired) electrons. The Balaban J connectivity index is 1.72. The molecule has 0 aliphatic heterocycles. The maximum Gasteiger partial charge on any atom is 0.251 e. The smallest absolute Gasteiger partial charge is 0.251 e. The van der Waals surface area contributed by atoms with E-state index < -0.39 is 6.10 Å².